The normalized spacial score (nSPS) is 15.3. The van der Waals surface area contributed by atoms with Gasteiger partial charge >= 0.3 is 0 Å². The second-order valence-electron chi connectivity index (χ2n) is 7.08. The predicted octanol–water partition coefficient (Wildman–Crippen LogP) is 4.52. The Labute approximate surface area is 167 Å². The molecule has 2 rings (SSSR count). The lowest BCUT2D eigenvalue weighted by Gasteiger charge is -2.31. The number of nitrogens with zero attached hydrogens (tertiary/aromatic N) is 5. The second-order valence-corrected chi connectivity index (χ2v) is 7.08. The molecule has 0 saturated heterocycles. The molecule has 2 heterocycles. The summed E-state index contributed by atoms with van der Waals surface area (Å²) in [7, 11) is 1.55. The van der Waals surface area contributed by atoms with Gasteiger partial charge < -0.3 is 9.47 Å². The fourth-order valence-electron chi connectivity index (χ4n) is 2.22. The molecule has 158 valence electrons. The minimum Gasteiger partial charge on any atom is -0.463 e. The molecule has 29 heavy (non-hydrogen) atoms. The van der Waals surface area contributed by atoms with E-state index in [0.29, 0.717) is 29.7 Å². The van der Waals surface area contributed by atoms with Crippen LogP contribution in [0.25, 0.3) is 11.2 Å². The molecule has 0 aliphatic heterocycles. The van der Waals surface area contributed by atoms with E-state index in [1.165, 1.54) is 6.20 Å². The molecule has 0 N–H and O–H groups in total. The van der Waals surface area contributed by atoms with E-state index in [1.807, 2.05) is 6.92 Å². The Bertz CT molecular complexity index is 960. The number of alkyl halides is 2. The first kappa shape index (κ1) is 22.5. The zero-order valence-corrected chi connectivity index (χ0v) is 17.2. The smallest absolute Gasteiger partial charge is 0.283 e. The van der Waals surface area contributed by atoms with Crippen LogP contribution in [0.2, 0.25) is 0 Å². The third-order valence-corrected chi connectivity index (χ3v) is 4.54. The SMILES string of the molecule is C=N/C(OC(C)(C)C(C)(F)F)=C(F)\C=C(/C)c1cn2c([C@@H](C)OC)nnc2cn1. The maximum Gasteiger partial charge on any atom is 0.283 e. The van der Waals surface area contributed by atoms with Gasteiger partial charge in [-0.05, 0) is 46.1 Å². The number of methoxy groups -OCH3 is 1. The van der Waals surface area contributed by atoms with Gasteiger partial charge in [-0.2, -0.15) is 0 Å². The van der Waals surface area contributed by atoms with Gasteiger partial charge in [-0.1, -0.05) is 0 Å². The standard InChI is InChI=1S/C19H24F3N5O2/c1-11(8-13(20)17(23-6)29-18(3,4)19(5,21)22)14-10-27-15(9-24-14)25-26-16(27)12(2)28-7/h8-10,12H,6H2,1-5,7H3/b11-8+,17-13-/t12-/m1/s1. The fraction of sp³-hybridized carbons (Fsp3) is 0.474. The average molecular weight is 411 g/mol. The monoisotopic (exact) mass is 411 g/mol. The third kappa shape index (κ3) is 4.81. The first-order valence-electron chi connectivity index (χ1n) is 8.76. The zero-order valence-electron chi connectivity index (χ0n) is 17.2. The van der Waals surface area contributed by atoms with E-state index in [4.69, 9.17) is 9.47 Å². The van der Waals surface area contributed by atoms with Crippen LogP contribution in [0, 0.1) is 0 Å². The van der Waals surface area contributed by atoms with E-state index in [0.717, 1.165) is 19.9 Å². The Hall–Kier alpha value is -2.75. The van der Waals surface area contributed by atoms with Crippen molar-refractivity contribution in [2.75, 3.05) is 7.11 Å². The number of hydrogen-bond acceptors (Lipinski definition) is 6. The number of allylic oxidation sites excluding steroid dienone is 3. The van der Waals surface area contributed by atoms with Crippen LogP contribution in [0.3, 0.4) is 0 Å². The minimum absolute atomic E-state index is 0.316. The first-order chi connectivity index (χ1) is 13.4. The van der Waals surface area contributed by atoms with Crippen molar-refractivity contribution in [3.05, 3.63) is 41.7 Å². The van der Waals surface area contributed by atoms with Crippen molar-refractivity contribution in [2.24, 2.45) is 4.99 Å². The number of hydrogen-bond donors (Lipinski definition) is 0. The molecule has 0 bridgehead atoms. The van der Waals surface area contributed by atoms with Crippen LogP contribution in [-0.2, 0) is 9.47 Å². The molecular weight excluding hydrogens is 387 g/mol. The van der Waals surface area contributed by atoms with Crippen molar-refractivity contribution in [1.82, 2.24) is 19.6 Å². The van der Waals surface area contributed by atoms with Crippen LogP contribution in [0.4, 0.5) is 13.2 Å². The number of aliphatic imine (C=N–C) groups is 1. The lowest BCUT2D eigenvalue weighted by Crippen LogP contribution is -2.42. The molecule has 0 aromatic carbocycles. The Morgan fingerprint density at radius 2 is 1.97 bits per heavy atom. The van der Waals surface area contributed by atoms with Crippen LogP contribution in [0.5, 0.6) is 0 Å². The molecule has 7 nitrogen and oxygen atoms in total. The second kappa shape index (κ2) is 8.32. The van der Waals surface area contributed by atoms with E-state index in [2.05, 4.69) is 26.9 Å². The number of halogens is 3. The average Bonchev–Trinajstić information content (AvgIpc) is 3.07. The Balaban J connectivity index is 2.42. The molecule has 0 fully saturated rings. The maximum absolute atomic E-state index is 14.7. The third-order valence-electron chi connectivity index (χ3n) is 4.54. The van der Waals surface area contributed by atoms with Crippen LogP contribution in [-0.4, -0.2) is 44.9 Å². The number of fused-ring (bicyclic) bond motifs is 1. The quantitative estimate of drug-likeness (QED) is 0.363. The van der Waals surface area contributed by atoms with E-state index in [1.54, 1.807) is 24.6 Å². The lowest BCUT2D eigenvalue weighted by molar-refractivity contribution is -0.161. The number of aromatic nitrogens is 4. The van der Waals surface area contributed by atoms with Gasteiger partial charge in [-0.25, -0.2) is 18.2 Å². The highest BCUT2D eigenvalue weighted by molar-refractivity contribution is 5.63. The summed E-state index contributed by atoms with van der Waals surface area (Å²) < 4.78 is 54.0. The molecule has 1 atom stereocenters. The summed E-state index contributed by atoms with van der Waals surface area (Å²) in [5.74, 6) is -4.25. The highest BCUT2D eigenvalue weighted by Crippen LogP contribution is 2.34. The Morgan fingerprint density at radius 3 is 2.52 bits per heavy atom. The number of ether oxygens (including phenoxy) is 2. The Kier molecular flexibility index (Phi) is 6.46. The summed E-state index contributed by atoms with van der Waals surface area (Å²) >= 11 is 0. The van der Waals surface area contributed by atoms with Gasteiger partial charge in [0.25, 0.3) is 11.8 Å². The van der Waals surface area contributed by atoms with Gasteiger partial charge in [-0.3, -0.25) is 9.38 Å². The molecule has 0 aliphatic carbocycles. The summed E-state index contributed by atoms with van der Waals surface area (Å²) in [6.45, 7) is 9.59. The van der Waals surface area contributed by atoms with Crippen LogP contribution >= 0.6 is 0 Å². The van der Waals surface area contributed by atoms with E-state index in [9.17, 15) is 13.2 Å². The van der Waals surface area contributed by atoms with Gasteiger partial charge in [-0.15, -0.1) is 10.2 Å². The van der Waals surface area contributed by atoms with Crippen molar-refractivity contribution in [2.45, 2.75) is 52.2 Å². The maximum atomic E-state index is 14.7. The van der Waals surface area contributed by atoms with Crippen molar-refractivity contribution in [3.8, 4) is 0 Å². The summed E-state index contributed by atoms with van der Waals surface area (Å²) in [5, 5.41) is 8.07. The Morgan fingerprint density at radius 1 is 1.31 bits per heavy atom. The molecule has 0 spiro atoms. The van der Waals surface area contributed by atoms with Crippen LogP contribution in [0.15, 0.2) is 35.2 Å². The largest absolute Gasteiger partial charge is 0.463 e. The molecule has 0 saturated carbocycles. The van der Waals surface area contributed by atoms with Gasteiger partial charge in [0, 0.05) is 20.2 Å². The summed E-state index contributed by atoms with van der Waals surface area (Å²) in [6.07, 6.45) is 3.89. The van der Waals surface area contributed by atoms with Crippen molar-refractivity contribution >= 4 is 17.9 Å². The summed E-state index contributed by atoms with van der Waals surface area (Å²) in [5.41, 5.74) is -0.659. The van der Waals surface area contributed by atoms with Gasteiger partial charge in [0.1, 0.15) is 6.10 Å². The van der Waals surface area contributed by atoms with Crippen LogP contribution in [0.1, 0.15) is 52.2 Å². The lowest BCUT2D eigenvalue weighted by atomic mass is 10.0. The molecule has 0 amide bonds. The summed E-state index contributed by atoms with van der Waals surface area (Å²) in [4.78, 5) is 7.64. The molecule has 0 radical (unpaired) electrons. The van der Waals surface area contributed by atoms with Gasteiger partial charge in [0.2, 0.25) is 0 Å². The van der Waals surface area contributed by atoms with E-state index >= 15 is 0 Å². The predicted molar refractivity (Wildman–Crippen MR) is 103 cm³/mol. The van der Waals surface area contributed by atoms with Gasteiger partial charge in [0.05, 0.1) is 11.9 Å². The van der Waals surface area contributed by atoms with Crippen molar-refractivity contribution in [3.63, 3.8) is 0 Å². The highest BCUT2D eigenvalue weighted by atomic mass is 19.3. The first-order valence-corrected chi connectivity index (χ1v) is 8.76. The highest BCUT2D eigenvalue weighted by Gasteiger charge is 2.45. The van der Waals surface area contributed by atoms with Crippen molar-refractivity contribution in [1.29, 1.82) is 0 Å². The van der Waals surface area contributed by atoms with Crippen molar-refractivity contribution < 1.29 is 22.6 Å². The molecule has 10 heteroatoms. The molecule has 0 aliphatic rings. The zero-order chi connectivity index (χ0) is 22.0. The van der Waals surface area contributed by atoms with Crippen LogP contribution < -0.4 is 0 Å². The minimum atomic E-state index is -3.22. The van der Waals surface area contributed by atoms with E-state index < -0.39 is 23.2 Å². The molecular formula is C19H24F3N5O2. The topological polar surface area (TPSA) is 73.9 Å². The molecule has 2 aromatic heterocycles. The van der Waals surface area contributed by atoms with E-state index in [-0.39, 0.29) is 6.10 Å². The van der Waals surface area contributed by atoms with Gasteiger partial charge in [0.15, 0.2) is 22.9 Å². The fourth-order valence-corrected chi connectivity index (χ4v) is 2.22. The summed E-state index contributed by atoms with van der Waals surface area (Å²) in [6, 6.07) is 0. The number of rotatable bonds is 8. The molecule has 0 unspecified atom stereocenters. The molecule has 2 aromatic rings.